The van der Waals surface area contributed by atoms with Crippen LogP contribution in [-0.4, -0.2) is 65.8 Å². The highest BCUT2D eigenvalue weighted by atomic mass is 16.5. The standard InChI is InChI=1S/C19H27N5O3/c1-2-9-27-17-4-3-14(19(25)24-7-10-26-11-8-24)12-15(17)23-18-16(13-20)21-5-6-22-18/h5-6,14-15,17H,2-4,7-12H2,1H3,(H,22,23)/t14-,15+,17+/m0/s1. The summed E-state index contributed by atoms with van der Waals surface area (Å²) in [6.07, 6.45) is 6.27. The maximum absolute atomic E-state index is 12.9. The highest BCUT2D eigenvalue weighted by Crippen LogP contribution is 2.31. The number of ether oxygens (including phenoxy) is 2. The fourth-order valence-electron chi connectivity index (χ4n) is 3.73. The molecule has 2 heterocycles. The molecule has 0 radical (unpaired) electrons. The number of hydrogen-bond acceptors (Lipinski definition) is 7. The van der Waals surface area contributed by atoms with Crippen LogP contribution in [0.25, 0.3) is 0 Å². The van der Waals surface area contributed by atoms with Crippen LogP contribution in [0.2, 0.25) is 0 Å². The summed E-state index contributed by atoms with van der Waals surface area (Å²) in [5.74, 6) is 0.595. The van der Waals surface area contributed by atoms with E-state index < -0.39 is 0 Å². The van der Waals surface area contributed by atoms with Crippen molar-refractivity contribution in [3.63, 3.8) is 0 Å². The number of carbonyl (C=O) groups is 1. The molecule has 2 aliphatic rings. The molecule has 0 spiro atoms. The third kappa shape index (κ3) is 4.93. The van der Waals surface area contributed by atoms with E-state index in [1.54, 1.807) is 6.20 Å². The first kappa shape index (κ1) is 19.5. The van der Waals surface area contributed by atoms with Gasteiger partial charge in [-0.3, -0.25) is 4.79 Å². The first-order valence-electron chi connectivity index (χ1n) is 9.68. The Morgan fingerprint density at radius 3 is 2.89 bits per heavy atom. The van der Waals surface area contributed by atoms with Crippen molar-refractivity contribution in [1.82, 2.24) is 14.9 Å². The lowest BCUT2D eigenvalue weighted by Gasteiger charge is -2.38. The van der Waals surface area contributed by atoms with Crippen molar-refractivity contribution in [1.29, 1.82) is 5.26 Å². The Bertz CT molecular complexity index is 672. The highest BCUT2D eigenvalue weighted by molar-refractivity contribution is 5.79. The van der Waals surface area contributed by atoms with Crippen molar-refractivity contribution in [3.8, 4) is 6.07 Å². The molecule has 0 unspecified atom stereocenters. The third-order valence-corrected chi connectivity index (χ3v) is 5.12. The van der Waals surface area contributed by atoms with Crippen LogP contribution >= 0.6 is 0 Å². The van der Waals surface area contributed by atoms with Crippen LogP contribution in [0, 0.1) is 17.2 Å². The molecular weight excluding hydrogens is 346 g/mol. The van der Waals surface area contributed by atoms with E-state index >= 15 is 0 Å². The van der Waals surface area contributed by atoms with E-state index in [-0.39, 0.29) is 29.7 Å². The fourth-order valence-corrected chi connectivity index (χ4v) is 3.73. The smallest absolute Gasteiger partial charge is 0.225 e. The van der Waals surface area contributed by atoms with Gasteiger partial charge in [0.2, 0.25) is 5.91 Å². The van der Waals surface area contributed by atoms with Gasteiger partial charge in [-0.25, -0.2) is 9.97 Å². The number of nitriles is 1. The molecule has 1 aromatic rings. The van der Waals surface area contributed by atoms with Crippen LogP contribution in [0.4, 0.5) is 5.82 Å². The predicted molar refractivity (Wildman–Crippen MR) is 98.9 cm³/mol. The highest BCUT2D eigenvalue weighted by Gasteiger charge is 2.37. The van der Waals surface area contributed by atoms with Gasteiger partial charge in [-0.1, -0.05) is 6.92 Å². The van der Waals surface area contributed by atoms with Crippen LogP contribution in [0.15, 0.2) is 12.4 Å². The molecule has 0 aromatic carbocycles. The maximum atomic E-state index is 12.9. The Labute approximate surface area is 159 Å². The van der Waals surface area contributed by atoms with Gasteiger partial charge >= 0.3 is 0 Å². The average Bonchev–Trinajstić information content (AvgIpc) is 2.73. The molecule has 1 amide bonds. The van der Waals surface area contributed by atoms with E-state index in [0.29, 0.717) is 45.1 Å². The zero-order valence-electron chi connectivity index (χ0n) is 15.8. The molecule has 3 rings (SSSR count). The molecule has 8 nitrogen and oxygen atoms in total. The Hall–Kier alpha value is -2.24. The zero-order chi connectivity index (χ0) is 19.1. The number of aromatic nitrogens is 2. The average molecular weight is 373 g/mol. The van der Waals surface area contributed by atoms with Crippen LogP contribution in [0.1, 0.15) is 38.3 Å². The number of nitrogens with zero attached hydrogens (tertiary/aromatic N) is 4. The lowest BCUT2D eigenvalue weighted by Crippen LogP contribution is -2.49. The number of nitrogens with one attached hydrogen (secondary N) is 1. The molecule has 0 bridgehead atoms. The van der Waals surface area contributed by atoms with Gasteiger partial charge in [0, 0.05) is 38.0 Å². The fraction of sp³-hybridized carbons (Fsp3) is 0.684. The minimum absolute atomic E-state index is 0.00719. The Morgan fingerprint density at radius 2 is 2.15 bits per heavy atom. The summed E-state index contributed by atoms with van der Waals surface area (Å²) in [5, 5.41) is 12.6. The summed E-state index contributed by atoms with van der Waals surface area (Å²) in [6.45, 7) is 5.28. The van der Waals surface area contributed by atoms with E-state index in [2.05, 4.69) is 28.3 Å². The van der Waals surface area contributed by atoms with Crippen LogP contribution < -0.4 is 5.32 Å². The second-order valence-corrected chi connectivity index (χ2v) is 6.97. The molecule has 27 heavy (non-hydrogen) atoms. The molecule has 8 heteroatoms. The molecule has 1 N–H and O–H groups in total. The van der Waals surface area contributed by atoms with Gasteiger partial charge in [-0.2, -0.15) is 5.26 Å². The van der Waals surface area contributed by atoms with Crippen molar-refractivity contribution < 1.29 is 14.3 Å². The SMILES string of the molecule is CCCO[C@@H]1CC[C@H](C(=O)N2CCOCC2)C[C@H]1Nc1nccnc1C#N. The van der Waals surface area contributed by atoms with Crippen LogP contribution in [0.3, 0.4) is 0 Å². The van der Waals surface area contributed by atoms with Gasteiger partial charge < -0.3 is 19.7 Å². The first-order valence-corrected chi connectivity index (χ1v) is 9.68. The van der Waals surface area contributed by atoms with Gasteiger partial charge in [0.25, 0.3) is 0 Å². The van der Waals surface area contributed by atoms with Gasteiger partial charge in [0.15, 0.2) is 11.5 Å². The summed E-state index contributed by atoms with van der Waals surface area (Å²) < 4.78 is 11.4. The largest absolute Gasteiger partial charge is 0.378 e. The van der Waals surface area contributed by atoms with E-state index in [0.717, 1.165) is 19.3 Å². The second kappa shape index (κ2) is 9.62. The van der Waals surface area contributed by atoms with Gasteiger partial charge in [-0.15, -0.1) is 0 Å². The normalized spacial score (nSPS) is 25.6. The number of morpholine rings is 1. The molecule has 1 aliphatic carbocycles. The Kier molecular flexibility index (Phi) is 6.96. The molecule has 1 saturated carbocycles. The Morgan fingerprint density at radius 1 is 1.37 bits per heavy atom. The monoisotopic (exact) mass is 373 g/mol. The van der Waals surface area contributed by atoms with E-state index in [1.807, 2.05) is 4.90 Å². The van der Waals surface area contributed by atoms with Crippen molar-refractivity contribution in [3.05, 3.63) is 18.1 Å². The molecule has 3 atom stereocenters. The lowest BCUT2D eigenvalue weighted by molar-refractivity contribution is -0.141. The first-order chi connectivity index (χ1) is 13.2. The number of anilines is 1. The van der Waals surface area contributed by atoms with E-state index in [9.17, 15) is 10.1 Å². The lowest BCUT2D eigenvalue weighted by atomic mass is 9.82. The predicted octanol–water partition coefficient (Wildman–Crippen LogP) is 1.58. The molecule has 146 valence electrons. The van der Waals surface area contributed by atoms with E-state index in [4.69, 9.17) is 9.47 Å². The summed E-state index contributed by atoms with van der Waals surface area (Å²) in [6, 6.07) is 1.98. The third-order valence-electron chi connectivity index (χ3n) is 5.12. The van der Waals surface area contributed by atoms with Crippen molar-refractivity contribution >= 4 is 11.7 Å². The minimum atomic E-state index is -0.0795. The molecule has 1 aromatic heterocycles. The van der Waals surface area contributed by atoms with Crippen LogP contribution in [0.5, 0.6) is 0 Å². The number of hydrogen-bond donors (Lipinski definition) is 1. The summed E-state index contributed by atoms with van der Waals surface area (Å²) in [4.78, 5) is 23.1. The maximum Gasteiger partial charge on any atom is 0.225 e. The number of rotatable bonds is 6. The Balaban J connectivity index is 1.71. The quantitative estimate of drug-likeness (QED) is 0.808. The molecule has 1 saturated heterocycles. The molecule has 2 fully saturated rings. The van der Waals surface area contributed by atoms with Crippen molar-refractivity contribution in [2.45, 2.75) is 44.8 Å². The minimum Gasteiger partial charge on any atom is -0.378 e. The number of carbonyl (C=O) groups excluding carboxylic acids is 1. The summed E-state index contributed by atoms with van der Waals surface area (Å²) >= 11 is 0. The van der Waals surface area contributed by atoms with Crippen molar-refractivity contribution in [2.75, 3.05) is 38.2 Å². The van der Waals surface area contributed by atoms with Gasteiger partial charge in [-0.05, 0) is 25.7 Å². The van der Waals surface area contributed by atoms with Crippen LogP contribution in [-0.2, 0) is 14.3 Å². The van der Waals surface area contributed by atoms with Gasteiger partial charge in [0.05, 0.1) is 25.4 Å². The summed E-state index contributed by atoms with van der Waals surface area (Å²) in [5.41, 5.74) is 0.258. The molecule has 1 aliphatic heterocycles. The van der Waals surface area contributed by atoms with Gasteiger partial charge in [0.1, 0.15) is 6.07 Å². The zero-order valence-corrected chi connectivity index (χ0v) is 15.8. The topological polar surface area (TPSA) is 100 Å². The number of amides is 1. The molecular formula is C19H27N5O3. The second-order valence-electron chi connectivity index (χ2n) is 6.97. The summed E-state index contributed by atoms with van der Waals surface area (Å²) in [7, 11) is 0. The van der Waals surface area contributed by atoms with Crippen molar-refractivity contribution in [2.24, 2.45) is 5.92 Å². The van der Waals surface area contributed by atoms with E-state index in [1.165, 1.54) is 6.20 Å².